The van der Waals surface area contributed by atoms with Crippen molar-refractivity contribution in [3.05, 3.63) is 52.1 Å². The lowest BCUT2D eigenvalue weighted by molar-refractivity contribution is -0.135. The van der Waals surface area contributed by atoms with Gasteiger partial charge in [-0.25, -0.2) is 0 Å². The summed E-state index contributed by atoms with van der Waals surface area (Å²) in [5, 5.41) is 10.3. The molecular formula is C32H43NO5S. The van der Waals surface area contributed by atoms with E-state index in [-0.39, 0.29) is 11.1 Å². The van der Waals surface area contributed by atoms with Crippen molar-refractivity contribution in [2.24, 2.45) is 5.41 Å². The van der Waals surface area contributed by atoms with Gasteiger partial charge in [-0.05, 0) is 119 Å². The standard InChI is InChI=1S/C32H43NO5S/c1-19-20(2)26-24(21(3)25(19)34)15-16-31(10,38-26)18-37-23-13-11-22(12-14-23)17-32(29(4,5)6)27(35)33(28(36)39-32)30(7,8)9/h11-14,34H,15-18H2,1-10H3. The number of benzene rings is 2. The molecule has 4 rings (SSSR count). The maximum atomic E-state index is 13.7. The molecular weight excluding hydrogens is 510 g/mol. The van der Waals surface area contributed by atoms with Crippen LogP contribution in [0.5, 0.6) is 17.2 Å². The minimum absolute atomic E-state index is 0.116. The Hall–Kier alpha value is -2.67. The Bertz CT molecular complexity index is 1300. The van der Waals surface area contributed by atoms with E-state index in [4.69, 9.17) is 9.47 Å². The van der Waals surface area contributed by atoms with E-state index in [9.17, 15) is 14.7 Å². The lowest BCUT2D eigenvalue weighted by Crippen LogP contribution is -2.54. The molecule has 1 saturated heterocycles. The third-order valence-electron chi connectivity index (χ3n) is 8.39. The summed E-state index contributed by atoms with van der Waals surface area (Å²) < 4.78 is 11.8. The van der Waals surface area contributed by atoms with Gasteiger partial charge in [0.05, 0.1) is 0 Å². The number of imide groups is 1. The average molecular weight is 554 g/mol. The van der Waals surface area contributed by atoms with Crippen molar-refractivity contribution in [1.82, 2.24) is 4.90 Å². The highest BCUT2D eigenvalue weighted by Gasteiger charge is 2.60. The number of aromatic hydroxyl groups is 1. The molecule has 7 heteroatoms. The first-order valence-electron chi connectivity index (χ1n) is 13.7. The van der Waals surface area contributed by atoms with Crippen LogP contribution in [-0.4, -0.2) is 43.6 Å². The van der Waals surface area contributed by atoms with Gasteiger partial charge < -0.3 is 14.6 Å². The SMILES string of the molecule is Cc1c(C)c2c(c(C)c1O)CCC(C)(COc1ccc(CC3(C(C)(C)C)SC(=O)N(C(C)(C)C)C3=O)cc1)O2. The highest BCUT2D eigenvalue weighted by molar-refractivity contribution is 8.16. The second-order valence-corrected chi connectivity index (χ2v) is 14.7. The molecule has 0 spiro atoms. The first kappa shape index (κ1) is 29.3. The third-order valence-corrected chi connectivity index (χ3v) is 10.0. The molecule has 39 heavy (non-hydrogen) atoms. The molecule has 2 heterocycles. The van der Waals surface area contributed by atoms with E-state index in [1.54, 1.807) is 0 Å². The van der Waals surface area contributed by atoms with Crippen LogP contribution in [0.3, 0.4) is 0 Å². The second kappa shape index (κ2) is 9.76. The summed E-state index contributed by atoms with van der Waals surface area (Å²) in [6.45, 7) is 20.1. The molecule has 1 N–H and O–H groups in total. The summed E-state index contributed by atoms with van der Waals surface area (Å²) in [6, 6.07) is 7.83. The van der Waals surface area contributed by atoms with Crippen molar-refractivity contribution < 1.29 is 24.2 Å². The summed E-state index contributed by atoms with van der Waals surface area (Å²) in [5.41, 5.74) is 3.29. The van der Waals surface area contributed by atoms with Gasteiger partial charge in [-0.2, -0.15) is 0 Å². The topological polar surface area (TPSA) is 76.1 Å². The lowest BCUT2D eigenvalue weighted by atomic mass is 9.75. The van der Waals surface area contributed by atoms with Gasteiger partial charge in [-0.15, -0.1) is 0 Å². The molecule has 0 aromatic heterocycles. The number of hydrogen-bond donors (Lipinski definition) is 1. The van der Waals surface area contributed by atoms with Crippen LogP contribution in [0.1, 0.15) is 82.7 Å². The zero-order chi connectivity index (χ0) is 29.1. The van der Waals surface area contributed by atoms with Crippen LogP contribution < -0.4 is 9.47 Å². The molecule has 2 aromatic rings. The Labute approximate surface area is 237 Å². The van der Waals surface area contributed by atoms with Crippen LogP contribution in [0.15, 0.2) is 24.3 Å². The van der Waals surface area contributed by atoms with E-state index in [1.807, 2.05) is 86.6 Å². The van der Waals surface area contributed by atoms with Gasteiger partial charge in [0.2, 0.25) is 5.91 Å². The lowest BCUT2D eigenvalue weighted by Gasteiger charge is -2.40. The quantitative estimate of drug-likeness (QED) is 0.419. The van der Waals surface area contributed by atoms with E-state index in [1.165, 1.54) is 4.90 Å². The van der Waals surface area contributed by atoms with Gasteiger partial charge in [0.25, 0.3) is 5.24 Å². The number of thioether (sulfide) groups is 1. The zero-order valence-corrected chi connectivity index (χ0v) is 25.9. The van der Waals surface area contributed by atoms with Gasteiger partial charge >= 0.3 is 0 Å². The predicted molar refractivity (Wildman–Crippen MR) is 157 cm³/mol. The van der Waals surface area contributed by atoms with E-state index in [0.717, 1.165) is 63.9 Å². The first-order valence-corrected chi connectivity index (χ1v) is 14.5. The molecule has 0 aliphatic carbocycles. The second-order valence-electron chi connectivity index (χ2n) is 13.4. The minimum Gasteiger partial charge on any atom is -0.507 e. The van der Waals surface area contributed by atoms with Crippen molar-refractivity contribution in [2.45, 2.75) is 104 Å². The van der Waals surface area contributed by atoms with Crippen LogP contribution in [-0.2, 0) is 17.6 Å². The van der Waals surface area contributed by atoms with Crippen LogP contribution in [0.25, 0.3) is 0 Å². The number of ether oxygens (including phenoxy) is 2. The van der Waals surface area contributed by atoms with Crippen molar-refractivity contribution in [1.29, 1.82) is 0 Å². The van der Waals surface area contributed by atoms with E-state index < -0.39 is 21.3 Å². The summed E-state index contributed by atoms with van der Waals surface area (Å²) in [5.74, 6) is 1.83. The Kier molecular flexibility index (Phi) is 7.33. The normalized spacial score (nSPS) is 23.6. The monoisotopic (exact) mass is 553 g/mol. The fourth-order valence-corrected chi connectivity index (χ4v) is 7.02. The van der Waals surface area contributed by atoms with Crippen molar-refractivity contribution in [3.63, 3.8) is 0 Å². The molecule has 2 atom stereocenters. The van der Waals surface area contributed by atoms with Gasteiger partial charge in [-0.3, -0.25) is 14.5 Å². The average Bonchev–Trinajstić information content (AvgIpc) is 3.11. The molecule has 0 bridgehead atoms. The molecule has 2 aliphatic heterocycles. The Morgan fingerprint density at radius 3 is 2.15 bits per heavy atom. The number of fused-ring (bicyclic) bond motifs is 1. The summed E-state index contributed by atoms with van der Waals surface area (Å²) >= 11 is 1.16. The van der Waals surface area contributed by atoms with E-state index in [0.29, 0.717) is 18.8 Å². The Balaban J connectivity index is 1.49. The highest BCUT2D eigenvalue weighted by Crippen LogP contribution is 2.52. The molecule has 0 saturated carbocycles. The largest absolute Gasteiger partial charge is 0.507 e. The van der Waals surface area contributed by atoms with Crippen LogP contribution in [0.2, 0.25) is 0 Å². The first-order chi connectivity index (χ1) is 17.9. The molecule has 212 valence electrons. The van der Waals surface area contributed by atoms with Crippen LogP contribution in [0.4, 0.5) is 4.79 Å². The fourth-order valence-electron chi connectivity index (χ4n) is 5.55. The number of nitrogens with zero attached hydrogens (tertiary/aromatic N) is 1. The van der Waals surface area contributed by atoms with Crippen LogP contribution >= 0.6 is 11.8 Å². The molecule has 2 aromatic carbocycles. The number of amides is 2. The Morgan fingerprint density at radius 2 is 1.62 bits per heavy atom. The number of phenolic OH excluding ortho intramolecular Hbond substituents is 1. The van der Waals surface area contributed by atoms with Gasteiger partial charge in [-0.1, -0.05) is 32.9 Å². The smallest absolute Gasteiger partial charge is 0.289 e. The van der Waals surface area contributed by atoms with Gasteiger partial charge in [0, 0.05) is 11.1 Å². The highest BCUT2D eigenvalue weighted by atomic mass is 32.2. The molecule has 0 radical (unpaired) electrons. The van der Waals surface area contributed by atoms with Gasteiger partial charge in [0.15, 0.2) is 0 Å². The number of carbonyl (C=O) groups excluding carboxylic acids is 2. The van der Waals surface area contributed by atoms with Gasteiger partial charge in [0.1, 0.15) is 34.2 Å². The fraction of sp³-hybridized carbons (Fsp3) is 0.562. The number of rotatable bonds is 5. The zero-order valence-electron chi connectivity index (χ0n) is 25.1. The predicted octanol–water partition coefficient (Wildman–Crippen LogP) is 7.30. The van der Waals surface area contributed by atoms with Crippen molar-refractivity contribution in [3.8, 4) is 17.2 Å². The minimum atomic E-state index is -0.876. The molecule has 2 aliphatic rings. The summed E-state index contributed by atoms with van der Waals surface area (Å²) in [4.78, 5) is 28.1. The van der Waals surface area contributed by atoms with E-state index in [2.05, 4.69) is 6.92 Å². The van der Waals surface area contributed by atoms with E-state index >= 15 is 0 Å². The molecule has 1 fully saturated rings. The number of phenols is 1. The van der Waals surface area contributed by atoms with Crippen molar-refractivity contribution >= 4 is 22.9 Å². The number of hydrogen-bond acceptors (Lipinski definition) is 6. The number of carbonyl (C=O) groups is 2. The van der Waals surface area contributed by atoms with Crippen molar-refractivity contribution in [2.75, 3.05) is 6.61 Å². The molecule has 6 nitrogen and oxygen atoms in total. The summed E-state index contributed by atoms with van der Waals surface area (Å²) in [7, 11) is 0. The molecule has 2 amide bonds. The third kappa shape index (κ3) is 5.15. The van der Waals surface area contributed by atoms with Crippen LogP contribution in [0, 0.1) is 26.2 Å². The molecule has 2 unspecified atom stereocenters. The maximum absolute atomic E-state index is 13.7. The summed E-state index contributed by atoms with van der Waals surface area (Å²) in [6.07, 6.45) is 2.06. The Morgan fingerprint density at radius 1 is 1.00 bits per heavy atom. The maximum Gasteiger partial charge on any atom is 0.289 e.